The molecule has 2 aromatic rings. The molecular formula is C19H23N5O3. The van der Waals surface area contributed by atoms with Crippen molar-refractivity contribution >= 4 is 17.8 Å². The molecule has 1 aliphatic rings. The first kappa shape index (κ1) is 18.6. The number of hydrogen-bond donors (Lipinski definition) is 1. The van der Waals surface area contributed by atoms with E-state index in [9.17, 15) is 9.59 Å². The third-order valence-corrected chi connectivity index (χ3v) is 4.52. The van der Waals surface area contributed by atoms with Crippen LogP contribution >= 0.6 is 0 Å². The van der Waals surface area contributed by atoms with Gasteiger partial charge in [-0.05, 0) is 17.7 Å². The molecule has 8 nitrogen and oxygen atoms in total. The van der Waals surface area contributed by atoms with E-state index in [1.165, 1.54) is 12.4 Å². The molecule has 0 spiro atoms. The van der Waals surface area contributed by atoms with E-state index in [2.05, 4.69) is 15.3 Å². The van der Waals surface area contributed by atoms with Crippen LogP contribution in [0.5, 0.6) is 5.75 Å². The number of carbonyl (C=O) groups excluding carboxylic acids is 2. The summed E-state index contributed by atoms with van der Waals surface area (Å²) >= 11 is 0. The number of hydrogen-bond acceptors (Lipinski definition) is 6. The maximum absolute atomic E-state index is 12.5. The summed E-state index contributed by atoms with van der Waals surface area (Å²) in [6.45, 7) is 4.28. The first-order valence-corrected chi connectivity index (χ1v) is 8.80. The van der Waals surface area contributed by atoms with Gasteiger partial charge in [-0.15, -0.1) is 0 Å². The zero-order chi connectivity index (χ0) is 19.2. The number of nitrogens with zero attached hydrogens (tertiary/aromatic N) is 4. The Labute approximate surface area is 158 Å². The van der Waals surface area contributed by atoms with Gasteiger partial charge in [-0.1, -0.05) is 12.1 Å². The summed E-state index contributed by atoms with van der Waals surface area (Å²) in [5.41, 5.74) is 1.52. The van der Waals surface area contributed by atoms with Gasteiger partial charge in [-0.3, -0.25) is 9.59 Å². The van der Waals surface area contributed by atoms with Crippen LogP contribution in [-0.2, 0) is 11.3 Å². The number of methoxy groups -OCH3 is 1. The smallest absolute Gasteiger partial charge is 0.257 e. The van der Waals surface area contributed by atoms with Crippen LogP contribution in [0, 0.1) is 0 Å². The molecular weight excluding hydrogens is 346 g/mol. The van der Waals surface area contributed by atoms with E-state index >= 15 is 0 Å². The molecule has 0 unspecified atom stereocenters. The molecule has 142 valence electrons. The van der Waals surface area contributed by atoms with Gasteiger partial charge < -0.3 is 19.9 Å². The van der Waals surface area contributed by atoms with Crippen molar-refractivity contribution < 1.29 is 14.3 Å². The minimum atomic E-state index is -0.111. The number of rotatable bonds is 5. The summed E-state index contributed by atoms with van der Waals surface area (Å²) in [5.74, 6) is 1.20. The SMILES string of the molecule is COc1ccc(CNc2ncc(C(=O)N3CCN(C(C)=O)CC3)cn2)cc1. The van der Waals surface area contributed by atoms with Crippen LogP contribution in [0.4, 0.5) is 5.95 Å². The Morgan fingerprint density at radius 2 is 1.63 bits per heavy atom. The van der Waals surface area contributed by atoms with Crippen LogP contribution in [0.15, 0.2) is 36.7 Å². The topological polar surface area (TPSA) is 87.7 Å². The van der Waals surface area contributed by atoms with Crippen molar-refractivity contribution in [2.24, 2.45) is 0 Å². The van der Waals surface area contributed by atoms with E-state index in [1.807, 2.05) is 24.3 Å². The van der Waals surface area contributed by atoms with Crippen LogP contribution in [0.25, 0.3) is 0 Å². The van der Waals surface area contributed by atoms with Crippen molar-refractivity contribution in [3.63, 3.8) is 0 Å². The van der Waals surface area contributed by atoms with Crippen molar-refractivity contribution in [3.05, 3.63) is 47.8 Å². The second kappa shape index (κ2) is 8.48. The minimum Gasteiger partial charge on any atom is -0.497 e. The Hall–Kier alpha value is -3.16. The molecule has 8 heteroatoms. The molecule has 0 aliphatic carbocycles. The molecule has 2 amide bonds. The number of aromatic nitrogens is 2. The number of carbonyl (C=O) groups is 2. The van der Waals surface area contributed by atoms with Crippen molar-refractivity contribution in [3.8, 4) is 5.75 Å². The number of nitrogens with one attached hydrogen (secondary N) is 1. The summed E-state index contributed by atoms with van der Waals surface area (Å²) in [7, 11) is 1.63. The molecule has 2 heterocycles. The minimum absolute atomic E-state index is 0.0396. The standard InChI is InChI=1S/C19H23N5O3/c1-14(25)23-7-9-24(10-8-23)18(26)16-12-21-19(22-13-16)20-11-15-3-5-17(27-2)6-4-15/h3-6,12-13H,7-11H2,1-2H3,(H,20,21,22). The van der Waals surface area contributed by atoms with Crippen molar-refractivity contribution in [1.82, 2.24) is 19.8 Å². The van der Waals surface area contributed by atoms with Crippen LogP contribution in [0.1, 0.15) is 22.8 Å². The highest BCUT2D eigenvalue weighted by Gasteiger charge is 2.23. The van der Waals surface area contributed by atoms with E-state index in [4.69, 9.17) is 4.74 Å². The van der Waals surface area contributed by atoms with E-state index in [1.54, 1.807) is 23.8 Å². The van der Waals surface area contributed by atoms with Gasteiger partial charge in [0.15, 0.2) is 0 Å². The molecule has 1 aliphatic heterocycles. The molecule has 27 heavy (non-hydrogen) atoms. The molecule has 1 saturated heterocycles. The van der Waals surface area contributed by atoms with Crippen molar-refractivity contribution in [2.75, 3.05) is 38.6 Å². The average molecular weight is 369 g/mol. The van der Waals surface area contributed by atoms with Crippen molar-refractivity contribution in [1.29, 1.82) is 0 Å². The molecule has 0 atom stereocenters. The Bertz CT molecular complexity index is 784. The van der Waals surface area contributed by atoms with Crippen molar-refractivity contribution in [2.45, 2.75) is 13.5 Å². The maximum atomic E-state index is 12.5. The van der Waals surface area contributed by atoms with E-state index in [0.717, 1.165) is 11.3 Å². The van der Waals surface area contributed by atoms with E-state index < -0.39 is 0 Å². The number of anilines is 1. The van der Waals surface area contributed by atoms with Gasteiger partial charge in [0.2, 0.25) is 11.9 Å². The highest BCUT2D eigenvalue weighted by Crippen LogP contribution is 2.13. The molecule has 1 fully saturated rings. The summed E-state index contributed by atoms with van der Waals surface area (Å²) in [5, 5.41) is 3.13. The first-order valence-electron chi connectivity index (χ1n) is 8.80. The summed E-state index contributed by atoms with van der Waals surface area (Å²) < 4.78 is 5.13. The molecule has 1 N–H and O–H groups in total. The summed E-state index contributed by atoms with van der Waals surface area (Å²) in [6, 6.07) is 7.71. The van der Waals surface area contributed by atoms with Crippen LogP contribution in [0.3, 0.4) is 0 Å². The number of piperazine rings is 1. The van der Waals surface area contributed by atoms with Gasteiger partial charge >= 0.3 is 0 Å². The number of ether oxygens (including phenoxy) is 1. The fourth-order valence-corrected chi connectivity index (χ4v) is 2.86. The van der Waals surface area contributed by atoms with Crippen LogP contribution in [-0.4, -0.2) is 64.9 Å². The molecule has 1 aromatic heterocycles. The predicted molar refractivity (Wildman–Crippen MR) is 101 cm³/mol. The zero-order valence-electron chi connectivity index (χ0n) is 15.5. The average Bonchev–Trinajstić information content (AvgIpc) is 2.72. The second-order valence-electron chi connectivity index (χ2n) is 6.30. The summed E-state index contributed by atoms with van der Waals surface area (Å²) in [4.78, 5) is 35.8. The first-order chi connectivity index (χ1) is 13.1. The lowest BCUT2D eigenvalue weighted by Crippen LogP contribution is -2.50. The van der Waals surface area contributed by atoms with E-state index in [-0.39, 0.29) is 11.8 Å². The maximum Gasteiger partial charge on any atom is 0.257 e. The lowest BCUT2D eigenvalue weighted by atomic mass is 10.2. The molecule has 0 saturated carbocycles. The predicted octanol–water partition coefficient (Wildman–Crippen LogP) is 1.40. The largest absolute Gasteiger partial charge is 0.497 e. The summed E-state index contributed by atoms with van der Waals surface area (Å²) in [6.07, 6.45) is 3.06. The third-order valence-electron chi connectivity index (χ3n) is 4.52. The Morgan fingerprint density at radius 1 is 1.04 bits per heavy atom. The molecule has 1 aromatic carbocycles. The van der Waals surface area contributed by atoms with Crippen LogP contribution in [0.2, 0.25) is 0 Å². The number of amides is 2. The molecule has 3 rings (SSSR count). The molecule has 0 bridgehead atoms. The Balaban J connectivity index is 1.53. The van der Waals surface area contributed by atoms with Gasteiger partial charge in [-0.2, -0.15) is 0 Å². The fourth-order valence-electron chi connectivity index (χ4n) is 2.86. The van der Waals surface area contributed by atoms with Crippen LogP contribution < -0.4 is 10.1 Å². The Morgan fingerprint density at radius 3 is 2.19 bits per heavy atom. The Kier molecular flexibility index (Phi) is 5.85. The zero-order valence-corrected chi connectivity index (χ0v) is 15.5. The van der Waals surface area contributed by atoms with E-state index in [0.29, 0.717) is 44.2 Å². The van der Waals surface area contributed by atoms with Gasteiger partial charge in [0.1, 0.15) is 5.75 Å². The fraction of sp³-hybridized carbons (Fsp3) is 0.368. The highest BCUT2D eigenvalue weighted by molar-refractivity contribution is 5.93. The normalized spacial score (nSPS) is 14.0. The monoisotopic (exact) mass is 369 g/mol. The molecule has 0 radical (unpaired) electrons. The van der Waals surface area contributed by atoms with Gasteiger partial charge in [0, 0.05) is 52.0 Å². The number of benzene rings is 1. The second-order valence-corrected chi connectivity index (χ2v) is 6.30. The quantitative estimate of drug-likeness (QED) is 0.857. The lowest BCUT2D eigenvalue weighted by Gasteiger charge is -2.34. The highest BCUT2D eigenvalue weighted by atomic mass is 16.5. The van der Waals surface area contributed by atoms with Gasteiger partial charge in [0.25, 0.3) is 5.91 Å². The van der Waals surface area contributed by atoms with Gasteiger partial charge in [0.05, 0.1) is 12.7 Å². The lowest BCUT2D eigenvalue weighted by molar-refractivity contribution is -0.130. The van der Waals surface area contributed by atoms with Gasteiger partial charge in [-0.25, -0.2) is 9.97 Å². The third kappa shape index (κ3) is 4.72.